The number of aliphatic hydroxyl groups excluding tert-OH is 1. The summed E-state index contributed by atoms with van der Waals surface area (Å²) >= 11 is 0. The Bertz CT molecular complexity index is 610. The number of alkyl halides is 1. The summed E-state index contributed by atoms with van der Waals surface area (Å²) in [6, 6.07) is 0. The molecule has 1 saturated heterocycles. The second-order valence-electron chi connectivity index (χ2n) is 8.17. The molecule has 0 aromatic carbocycles. The maximum Gasteiger partial charge on any atom is 0.229 e. The highest BCUT2D eigenvalue weighted by Gasteiger charge is 2.66. The molecule has 2 fully saturated rings. The molecular formula is C21H34FNO6. The first kappa shape index (κ1) is 23.9. The number of aliphatic hydroxyl groups is 2. The van der Waals surface area contributed by atoms with Gasteiger partial charge < -0.3 is 25.4 Å². The SMILES string of the molecule is CCCCCC(O)C=CC1C2C(=O)C(CCCCC(N)=O)(OC)OC2CC1(O)F. The summed E-state index contributed by atoms with van der Waals surface area (Å²) in [5.41, 5.74) is 5.13. The average Bonchev–Trinajstić information content (AvgIpc) is 3.05. The maximum atomic E-state index is 14.8. The second-order valence-corrected chi connectivity index (χ2v) is 8.17. The molecule has 0 aromatic rings. The number of carbonyl (C=O) groups excluding carboxylic acids is 2. The molecule has 2 rings (SSSR count). The van der Waals surface area contributed by atoms with Crippen molar-refractivity contribution in [2.75, 3.05) is 7.11 Å². The Morgan fingerprint density at radius 2 is 2.14 bits per heavy atom. The minimum absolute atomic E-state index is 0.201. The fourth-order valence-corrected chi connectivity index (χ4v) is 4.36. The number of unbranched alkanes of at least 4 members (excludes halogenated alkanes) is 3. The van der Waals surface area contributed by atoms with Crippen LogP contribution in [0.5, 0.6) is 0 Å². The van der Waals surface area contributed by atoms with E-state index in [9.17, 15) is 24.2 Å². The van der Waals surface area contributed by atoms with Gasteiger partial charge in [0.05, 0.1) is 18.1 Å². The van der Waals surface area contributed by atoms with Crippen molar-refractivity contribution < 1.29 is 33.7 Å². The Labute approximate surface area is 171 Å². The standard InChI is InChI=1S/C21H34FNO6/c1-3-4-5-8-14(24)10-11-15-18-16(13-20(15,22)27)29-21(28-2,19(18)26)12-7-6-9-17(23)25/h10-11,14-16,18,24,27H,3-9,12-13H2,1-2H3,(H2,23,25). The van der Waals surface area contributed by atoms with Gasteiger partial charge in [0.1, 0.15) is 0 Å². The van der Waals surface area contributed by atoms with Crippen LogP contribution in [0.2, 0.25) is 0 Å². The van der Waals surface area contributed by atoms with Crippen molar-refractivity contribution >= 4 is 11.7 Å². The third-order valence-corrected chi connectivity index (χ3v) is 5.96. The summed E-state index contributed by atoms with van der Waals surface area (Å²) in [6.45, 7) is 2.06. The van der Waals surface area contributed by atoms with Gasteiger partial charge in [0.2, 0.25) is 17.5 Å². The van der Waals surface area contributed by atoms with Gasteiger partial charge in [-0.05, 0) is 19.3 Å². The Balaban J connectivity index is 2.07. The van der Waals surface area contributed by atoms with Crippen LogP contribution >= 0.6 is 0 Å². The first-order valence-electron chi connectivity index (χ1n) is 10.5. The number of ketones is 1. The summed E-state index contributed by atoms with van der Waals surface area (Å²) in [4.78, 5) is 24.0. The molecule has 6 unspecified atom stereocenters. The molecule has 7 nitrogen and oxygen atoms in total. The van der Waals surface area contributed by atoms with E-state index in [2.05, 4.69) is 6.92 Å². The van der Waals surface area contributed by atoms with E-state index in [4.69, 9.17) is 15.2 Å². The van der Waals surface area contributed by atoms with Gasteiger partial charge in [-0.1, -0.05) is 38.3 Å². The first-order valence-corrected chi connectivity index (χ1v) is 10.5. The average molecular weight is 416 g/mol. The number of ether oxygens (including phenoxy) is 2. The van der Waals surface area contributed by atoms with Crippen molar-refractivity contribution in [3.05, 3.63) is 12.2 Å². The molecule has 0 aromatic heterocycles. The Morgan fingerprint density at radius 1 is 1.41 bits per heavy atom. The van der Waals surface area contributed by atoms with Crippen molar-refractivity contribution in [2.45, 2.75) is 88.6 Å². The smallest absolute Gasteiger partial charge is 0.229 e. The van der Waals surface area contributed by atoms with Crippen LogP contribution in [0.25, 0.3) is 0 Å². The number of halogens is 1. The van der Waals surface area contributed by atoms with Crippen molar-refractivity contribution in [3.8, 4) is 0 Å². The van der Waals surface area contributed by atoms with Crippen LogP contribution in [-0.4, -0.2) is 52.9 Å². The fraction of sp³-hybridized carbons (Fsp3) is 0.810. The Hall–Kier alpha value is -1.35. The van der Waals surface area contributed by atoms with Gasteiger partial charge in [0, 0.05) is 32.3 Å². The second kappa shape index (κ2) is 10.1. The topological polar surface area (TPSA) is 119 Å². The number of Topliss-reactive ketones (excluding diaryl/α,β-unsaturated/α-hetero) is 1. The molecule has 1 saturated carbocycles. The number of fused-ring (bicyclic) bond motifs is 1. The van der Waals surface area contributed by atoms with Crippen molar-refractivity contribution in [3.63, 3.8) is 0 Å². The predicted octanol–water partition coefficient (Wildman–Crippen LogP) is 2.13. The third kappa shape index (κ3) is 5.63. The van der Waals surface area contributed by atoms with E-state index in [0.717, 1.165) is 19.3 Å². The first-order chi connectivity index (χ1) is 13.7. The fourth-order valence-electron chi connectivity index (χ4n) is 4.36. The van der Waals surface area contributed by atoms with Crippen LogP contribution in [0.3, 0.4) is 0 Å². The zero-order valence-electron chi connectivity index (χ0n) is 17.3. The molecule has 1 aliphatic heterocycles. The highest BCUT2D eigenvalue weighted by molar-refractivity contribution is 5.91. The van der Waals surface area contributed by atoms with Crippen molar-refractivity contribution in [2.24, 2.45) is 17.6 Å². The molecule has 2 aliphatic rings. The third-order valence-electron chi connectivity index (χ3n) is 5.96. The number of amides is 1. The molecule has 0 radical (unpaired) electrons. The molecule has 1 heterocycles. The minimum atomic E-state index is -2.59. The molecule has 0 bridgehead atoms. The normalized spacial score (nSPS) is 35.3. The summed E-state index contributed by atoms with van der Waals surface area (Å²) in [5, 5.41) is 20.3. The van der Waals surface area contributed by atoms with E-state index in [1.54, 1.807) is 0 Å². The van der Waals surface area contributed by atoms with Crippen LogP contribution < -0.4 is 5.73 Å². The number of methoxy groups -OCH3 is 1. The predicted molar refractivity (Wildman–Crippen MR) is 104 cm³/mol. The summed E-state index contributed by atoms with van der Waals surface area (Å²) < 4.78 is 26.0. The number of carbonyl (C=O) groups is 2. The van der Waals surface area contributed by atoms with Gasteiger partial charge in [0.25, 0.3) is 0 Å². The highest BCUT2D eigenvalue weighted by atomic mass is 19.2. The van der Waals surface area contributed by atoms with Gasteiger partial charge in [0.15, 0.2) is 5.78 Å². The largest absolute Gasteiger partial charge is 0.389 e. The van der Waals surface area contributed by atoms with Gasteiger partial charge in [-0.3, -0.25) is 9.59 Å². The van der Waals surface area contributed by atoms with E-state index in [0.29, 0.717) is 19.3 Å². The molecule has 8 heteroatoms. The van der Waals surface area contributed by atoms with E-state index in [-0.39, 0.29) is 19.3 Å². The summed E-state index contributed by atoms with van der Waals surface area (Å²) in [6.07, 6.45) is 5.78. The van der Waals surface area contributed by atoms with Crippen LogP contribution in [0.1, 0.15) is 64.7 Å². The zero-order chi connectivity index (χ0) is 21.7. The van der Waals surface area contributed by atoms with Gasteiger partial charge in [-0.2, -0.15) is 0 Å². The molecule has 0 spiro atoms. The Morgan fingerprint density at radius 3 is 2.76 bits per heavy atom. The minimum Gasteiger partial charge on any atom is -0.389 e. The lowest BCUT2D eigenvalue weighted by atomic mass is 9.85. The van der Waals surface area contributed by atoms with Gasteiger partial charge in [-0.15, -0.1) is 0 Å². The summed E-state index contributed by atoms with van der Waals surface area (Å²) in [5.74, 6) is -6.92. The quantitative estimate of drug-likeness (QED) is 0.332. The number of nitrogens with two attached hydrogens (primary N) is 1. The molecule has 1 amide bonds. The van der Waals surface area contributed by atoms with Crippen LogP contribution in [0, 0.1) is 11.8 Å². The van der Waals surface area contributed by atoms with Crippen molar-refractivity contribution in [1.29, 1.82) is 0 Å². The van der Waals surface area contributed by atoms with Crippen LogP contribution in [-0.2, 0) is 19.1 Å². The van der Waals surface area contributed by atoms with Crippen LogP contribution in [0.4, 0.5) is 4.39 Å². The highest BCUT2D eigenvalue weighted by Crippen LogP contribution is 2.52. The molecule has 4 N–H and O–H groups in total. The Kier molecular flexibility index (Phi) is 8.34. The van der Waals surface area contributed by atoms with Gasteiger partial charge in [-0.25, -0.2) is 4.39 Å². The zero-order valence-corrected chi connectivity index (χ0v) is 17.3. The number of hydrogen-bond acceptors (Lipinski definition) is 6. The molecule has 166 valence electrons. The lowest BCUT2D eigenvalue weighted by Gasteiger charge is -2.29. The number of rotatable bonds is 12. The molecule has 6 atom stereocenters. The van der Waals surface area contributed by atoms with Crippen molar-refractivity contribution in [1.82, 2.24) is 0 Å². The molecule has 29 heavy (non-hydrogen) atoms. The van der Waals surface area contributed by atoms with Gasteiger partial charge >= 0.3 is 0 Å². The monoisotopic (exact) mass is 415 g/mol. The van der Waals surface area contributed by atoms with E-state index < -0.39 is 47.4 Å². The maximum absolute atomic E-state index is 14.8. The summed E-state index contributed by atoms with van der Waals surface area (Å²) in [7, 11) is 1.36. The molecule has 1 aliphatic carbocycles. The lowest BCUT2D eigenvalue weighted by Crippen LogP contribution is -2.43. The number of hydrogen-bond donors (Lipinski definition) is 3. The lowest BCUT2D eigenvalue weighted by molar-refractivity contribution is -0.221. The van der Waals surface area contributed by atoms with E-state index >= 15 is 0 Å². The van der Waals surface area contributed by atoms with Crippen LogP contribution in [0.15, 0.2) is 12.2 Å². The van der Waals surface area contributed by atoms with E-state index in [1.165, 1.54) is 19.3 Å². The van der Waals surface area contributed by atoms with E-state index in [1.807, 2.05) is 0 Å². The number of primary amides is 1. The molecular weight excluding hydrogens is 381 g/mol.